The van der Waals surface area contributed by atoms with Crippen LogP contribution in [0.2, 0.25) is 0 Å². The molecule has 0 bridgehead atoms. The molecule has 19 heavy (non-hydrogen) atoms. The maximum absolute atomic E-state index is 11.6. The highest BCUT2D eigenvalue weighted by molar-refractivity contribution is 6.10. The van der Waals surface area contributed by atoms with Crippen molar-refractivity contribution < 1.29 is 0 Å². The molecule has 0 saturated heterocycles. The lowest BCUT2D eigenvalue weighted by molar-refractivity contribution is 0.403. The number of anilines is 2. The average Bonchev–Trinajstić information content (AvgIpc) is 2.63. The normalized spacial score (nSPS) is 13.6. The number of aromatic nitrogens is 2. The molecule has 0 unspecified atom stereocenters. The highest BCUT2D eigenvalue weighted by Gasteiger charge is 2.23. The zero-order chi connectivity index (χ0) is 13.8. The second kappa shape index (κ2) is 3.57. The van der Waals surface area contributed by atoms with Gasteiger partial charge in [-0.3, -0.25) is 4.79 Å². The van der Waals surface area contributed by atoms with Crippen LogP contribution in [0.25, 0.3) is 10.8 Å². The van der Waals surface area contributed by atoms with Gasteiger partial charge >= 0.3 is 0 Å². The molecule has 0 atom stereocenters. The Hall–Kier alpha value is -2.37. The molecule has 0 aromatic carbocycles. The van der Waals surface area contributed by atoms with Gasteiger partial charge in [-0.05, 0) is 20.8 Å². The Bertz CT molecular complexity index is 767. The van der Waals surface area contributed by atoms with E-state index in [1.54, 1.807) is 6.34 Å². The third-order valence-electron chi connectivity index (χ3n) is 3.14. The van der Waals surface area contributed by atoms with Gasteiger partial charge in [0.05, 0.1) is 11.7 Å². The van der Waals surface area contributed by atoms with E-state index in [2.05, 4.69) is 36.1 Å². The van der Waals surface area contributed by atoms with E-state index in [1.807, 2.05) is 10.8 Å². The highest BCUT2D eigenvalue weighted by Crippen LogP contribution is 2.39. The van der Waals surface area contributed by atoms with Crippen LogP contribution in [0.1, 0.15) is 20.8 Å². The number of nitrogens with zero attached hydrogens (tertiary/aromatic N) is 3. The predicted octanol–water partition coefficient (Wildman–Crippen LogP) is 1.82. The van der Waals surface area contributed by atoms with Gasteiger partial charge in [0.1, 0.15) is 11.6 Å². The van der Waals surface area contributed by atoms with Crippen molar-refractivity contribution in [3.8, 4) is 0 Å². The van der Waals surface area contributed by atoms with Crippen molar-refractivity contribution >= 4 is 34.4 Å². The maximum Gasteiger partial charge on any atom is 0.273 e. The van der Waals surface area contributed by atoms with Crippen molar-refractivity contribution in [2.45, 2.75) is 26.3 Å². The number of nitrogens with two attached hydrogens (primary N) is 1. The Morgan fingerprint density at radius 2 is 2.11 bits per heavy atom. The number of rotatable bonds is 0. The third-order valence-corrected chi connectivity index (χ3v) is 3.14. The van der Waals surface area contributed by atoms with Gasteiger partial charge in [0, 0.05) is 28.9 Å². The highest BCUT2D eigenvalue weighted by atomic mass is 16.1. The van der Waals surface area contributed by atoms with Gasteiger partial charge in [0.15, 0.2) is 0 Å². The molecule has 0 fully saturated rings. The number of hydrogen-bond donors (Lipinski definition) is 2. The molecule has 3 rings (SSSR count). The van der Waals surface area contributed by atoms with E-state index in [9.17, 15) is 4.79 Å². The van der Waals surface area contributed by atoms with E-state index < -0.39 is 0 Å². The zero-order valence-electron chi connectivity index (χ0n) is 11.1. The zero-order valence-corrected chi connectivity index (χ0v) is 11.1. The monoisotopic (exact) mass is 257 g/mol. The third kappa shape index (κ3) is 1.68. The summed E-state index contributed by atoms with van der Waals surface area (Å²) in [6, 6.07) is 1.34. The fourth-order valence-electron chi connectivity index (χ4n) is 2.25. The first-order valence-electron chi connectivity index (χ1n) is 6.03. The molecule has 6 heteroatoms. The van der Waals surface area contributed by atoms with Crippen molar-refractivity contribution in [1.29, 1.82) is 0 Å². The van der Waals surface area contributed by atoms with E-state index in [0.717, 1.165) is 16.6 Å². The second-order valence-electron chi connectivity index (χ2n) is 5.58. The standard InChI is InChI=1S/C13H15N5O/c1-13(2,3)18-5-7-8(14)4-9(19)17-11-10(7)12(18)16-6-15-11/h4-6H,14H2,1-3H3,(H,15,16,17,19). The smallest absolute Gasteiger partial charge is 0.273 e. The first-order valence-corrected chi connectivity index (χ1v) is 6.03. The van der Waals surface area contributed by atoms with Gasteiger partial charge in [-0.1, -0.05) is 0 Å². The molecule has 98 valence electrons. The van der Waals surface area contributed by atoms with Crippen LogP contribution in [0, 0.1) is 0 Å². The molecule has 3 N–H and O–H groups in total. The molecule has 3 heterocycles. The molecule has 0 spiro atoms. The number of nitrogens with one attached hydrogen (secondary N) is 1. The lowest BCUT2D eigenvalue weighted by atomic mass is 10.1. The fourth-order valence-corrected chi connectivity index (χ4v) is 2.25. The predicted molar refractivity (Wildman–Crippen MR) is 77.2 cm³/mol. The van der Waals surface area contributed by atoms with Crippen LogP contribution in [-0.2, 0) is 5.54 Å². The van der Waals surface area contributed by atoms with Gasteiger partial charge in [0.25, 0.3) is 5.56 Å². The molecular weight excluding hydrogens is 242 g/mol. The largest absolute Gasteiger partial charge is 0.398 e. The Morgan fingerprint density at radius 1 is 1.37 bits per heavy atom. The van der Waals surface area contributed by atoms with Crippen molar-refractivity contribution in [3.05, 3.63) is 22.6 Å². The molecule has 0 aliphatic carbocycles. The van der Waals surface area contributed by atoms with E-state index in [-0.39, 0.29) is 11.1 Å². The van der Waals surface area contributed by atoms with Crippen molar-refractivity contribution in [2.24, 2.45) is 4.99 Å². The van der Waals surface area contributed by atoms with Crippen LogP contribution in [-0.4, -0.2) is 15.9 Å². The number of hydrogen-bond acceptors (Lipinski definition) is 5. The Kier molecular flexibility index (Phi) is 2.20. The number of aliphatic imine (C=N–C) groups is 1. The minimum absolute atomic E-state index is 0.133. The van der Waals surface area contributed by atoms with E-state index in [1.165, 1.54) is 6.07 Å². The summed E-state index contributed by atoms with van der Waals surface area (Å²) in [6.45, 7) is 6.26. The summed E-state index contributed by atoms with van der Waals surface area (Å²) in [5.41, 5.74) is 5.90. The first-order chi connectivity index (χ1) is 8.88. The Labute approximate surface area is 110 Å². The van der Waals surface area contributed by atoms with Crippen LogP contribution < -0.4 is 16.6 Å². The van der Waals surface area contributed by atoms with Crippen molar-refractivity contribution in [1.82, 2.24) is 9.55 Å². The van der Waals surface area contributed by atoms with Crippen LogP contribution in [0.4, 0.5) is 17.3 Å². The van der Waals surface area contributed by atoms with E-state index in [0.29, 0.717) is 11.5 Å². The second-order valence-corrected chi connectivity index (χ2v) is 5.58. The van der Waals surface area contributed by atoms with Crippen molar-refractivity contribution in [3.63, 3.8) is 0 Å². The van der Waals surface area contributed by atoms with Gasteiger partial charge in [-0.15, -0.1) is 0 Å². The Morgan fingerprint density at radius 3 is 2.79 bits per heavy atom. The fraction of sp³-hybridized carbons (Fsp3) is 0.308. The van der Waals surface area contributed by atoms with Crippen molar-refractivity contribution in [2.75, 3.05) is 11.1 Å². The van der Waals surface area contributed by atoms with Gasteiger partial charge < -0.3 is 15.6 Å². The summed E-state index contributed by atoms with van der Waals surface area (Å²) < 4.78 is 2.04. The van der Waals surface area contributed by atoms with Crippen LogP contribution in [0.5, 0.6) is 0 Å². The van der Waals surface area contributed by atoms with Crippen LogP contribution in [0.3, 0.4) is 0 Å². The molecule has 0 amide bonds. The SMILES string of the molecule is CC(C)(C)n1cc2c(N)cc(=O)nc3c2c1N=CN3. The summed E-state index contributed by atoms with van der Waals surface area (Å²) in [7, 11) is 0. The summed E-state index contributed by atoms with van der Waals surface area (Å²) >= 11 is 0. The minimum Gasteiger partial charge on any atom is -0.398 e. The molecule has 2 aromatic rings. The average molecular weight is 257 g/mol. The van der Waals surface area contributed by atoms with Crippen LogP contribution in [0.15, 0.2) is 22.1 Å². The topological polar surface area (TPSA) is 85.3 Å². The quantitative estimate of drug-likeness (QED) is 0.753. The summed E-state index contributed by atoms with van der Waals surface area (Å²) in [5.74, 6) is 1.27. The molecule has 6 nitrogen and oxygen atoms in total. The summed E-state index contributed by atoms with van der Waals surface area (Å²) in [5, 5.41) is 4.49. The van der Waals surface area contributed by atoms with E-state index >= 15 is 0 Å². The molecule has 0 radical (unpaired) electrons. The molecule has 1 aliphatic rings. The molecule has 1 aliphatic heterocycles. The van der Waals surface area contributed by atoms with E-state index in [4.69, 9.17) is 5.73 Å². The number of nitrogen functional groups attached to an aromatic ring is 1. The first kappa shape index (κ1) is 11.7. The van der Waals surface area contributed by atoms with Gasteiger partial charge in [-0.2, -0.15) is 4.98 Å². The molecular formula is C13H15N5O. The Balaban J connectivity index is 2.54. The van der Waals surface area contributed by atoms with Gasteiger partial charge in [-0.25, -0.2) is 4.99 Å². The maximum atomic E-state index is 11.6. The lowest BCUT2D eigenvalue weighted by Gasteiger charge is -2.23. The molecule has 0 saturated carbocycles. The summed E-state index contributed by atoms with van der Waals surface area (Å²) in [4.78, 5) is 20.0. The van der Waals surface area contributed by atoms with Crippen LogP contribution >= 0.6 is 0 Å². The molecule has 2 aromatic heterocycles. The lowest BCUT2D eigenvalue weighted by Crippen LogP contribution is -2.21. The minimum atomic E-state index is -0.361. The summed E-state index contributed by atoms with van der Waals surface area (Å²) in [6.07, 6.45) is 3.47. The van der Waals surface area contributed by atoms with Gasteiger partial charge in [0.2, 0.25) is 0 Å².